The minimum Gasteiger partial charge on any atom is -0.372 e. The molecule has 3 atom stereocenters. The van der Waals surface area contributed by atoms with Crippen LogP contribution in [0.3, 0.4) is 0 Å². The van der Waals surface area contributed by atoms with Crippen molar-refractivity contribution in [2.75, 3.05) is 5.32 Å². The maximum Gasteiger partial charge on any atom is 0.292 e. The lowest BCUT2D eigenvalue weighted by Crippen LogP contribution is -2.29. The van der Waals surface area contributed by atoms with Crippen LogP contribution < -0.4 is 5.32 Å². The normalized spacial score (nSPS) is 23.0. The van der Waals surface area contributed by atoms with Gasteiger partial charge >= 0.3 is 0 Å². The lowest BCUT2D eigenvalue weighted by Gasteiger charge is -2.37. The van der Waals surface area contributed by atoms with Crippen LogP contribution in [0.25, 0.3) is 0 Å². The third kappa shape index (κ3) is 2.52. The number of non-ortho nitro benzene ring substituents is 1. The Balaban J connectivity index is 1.86. The van der Waals surface area contributed by atoms with E-state index in [2.05, 4.69) is 5.32 Å². The third-order valence-electron chi connectivity index (χ3n) is 5.10. The Labute approximate surface area is 153 Å². The Morgan fingerprint density at radius 2 is 1.88 bits per heavy atom. The number of nitrogens with zero attached hydrogens (tertiary/aromatic N) is 2. The largest absolute Gasteiger partial charge is 0.372 e. The van der Waals surface area contributed by atoms with Crippen molar-refractivity contribution in [2.24, 2.45) is 5.92 Å². The molecule has 8 heteroatoms. The predicted octanol–water partition coefficient (Wildman–Crippen LogP) is 4.98. The van der Waals surface area contributed by atoms with Gasteiger partial charge in [0.25, 0.3) is 11.4 Å². The first-order chi connectivity index (χ1) is 12.5. The van der Waals surface area contributed by atoms with Crippen LogP contribution in [0.4, 0.5) is 17.1 Å². The van der Waals surface area contributed by atoms with Gasteiger partial charge in [0.05, 0.1) is 15.9 Å². The topological polar surface area (TPSA) is 98.3 Å². The van der Waals surface area contributed by atoms with Gasteiger partial charge in [0.1, 0.15) is 5.69 Å². The molecule has 1 aliphatic carbocycles. The molecular formula is C18H14ClN3O4. The standard InChI is InChI=1S/C18H14ClN3O4/c19-15-8-7-10(21(23)24)9-14(15)17-12-4-1-3-11(12)13-5-2-6-16(22(25)26)18(13)20-17/h1-3,5-9,11-12,17,20H,4H2. The molecule has 1 N–H and O–H groups in total. The van der Waals surface area contributed by atoms with Crippen molar-refractivity contribution in [3.05, 3.63) is 84.9 Å². The third-order valence-corrected chi connectivity index (χ3v) is 5.44. The van der Waals surface area contributed by atoms with Crippen LogP contribution in [0.15, 0.2) is 48.6 Å². The van der Waals surface area contributed by atoms with E-state index in [1.807, 2.05) is 18.2 Å². The first-order valence-corrected chi connectivity index (χ1v) is 8.49. The summed E-state index contributed by atoms with van der Waals surface area (Å²) in [5.41, 5.74) is 1.85. The molecule has 0 spiro atoms. The average molecular weight is 372 g/mol. The van der Waals surface area contributed by atoms with Gasteiger partial charge < -0.3 is 5.32 Å². The molecule has 7 nitrogen and oxygen atoms in total. The van der Waals surface area contributed by atoms with Gasteiger partial charge in [-0.15, -0.1) is 0 Å². The van der Waals surface area contributed by atoms with Gasteiger partial charge in [0.15, 0.2) is 0 Å². The fourth-order valence-electron chi connectivity index (χ4n) is 3.95. The van der Waals surface area contributed by atoms with Crippen LogP contribution in [0.1, 0.15) is 29.5 Å². The van der Waals surface area contributed by atoms with E-state index in [1.54, 1.807) is 6.07 Å². The minimum absolute atomic E-state index is 0.00600. The Hall–Kier alpha value is -2.93. The molecule has 132 valence electrons. The Morgan fingerprint density at radius 1 is 1.08 bits per heavy atom. The second kappa shape index (κ2) is 6.10. The van der Waals surface area contributed by atoms with E-state index in [0.717, 1.165) is 12.0 Å². The quantitative estimate of drug-likeness (QED) is 0.466. The summed E-state index contributed by atoms with van der Waals surface area (Å²) in [6, 6.07) is 8.98. The number of hydrogen-bond acceptors (Lipinski definition) is 5. The van der Waals surface area contributed by atoms with Crippen LogP contribution >= 0.6 is 11.6 Å². The number of allylic oxidation sites excluding steroid dienone is 2. The first kappa shape index (κ1) is 16.5. The highest BCUT2D eigenvalue weighted by Gasteiger charge is 2.41. The minimum atomic E-state index is -0.469. The van der Waals surface area contributed by atoms with Crippen molar-refractivity contribution in [3.63, 3.8) is 0 Å². The maximum absolute atomic E-state index is 11.5. The molecule has 26 heavy (non-hydrogen) atoms. The molecule has 0 bridgehead atoms. The highest BCUT2D eigenvalue weighted by atomic mass is 35.5. The number of para-hydroxylation sites is 1. The average Bonchev–Trinajstić information content (AvgIpc) is 3.10. The number of benzene rings is 2. The summed E-state index contributed by atoms with van der Waals surface area (Å²) in [4.78, 5) is 21.7. The van der Waals surface area contributed by atoms with Crippen molar-refractivity contribution in [2.45, 2.75) is 18.4 Å². The van der Waals surface area contributed by atoms with Crippen LogP contribution in [0.2, 0.25) is 5.02 Å². The number of nitro benzene ring substituents is 2. The zero-order chi connectivity index (χ0) is 18.4. The van der Waals surface area contributed by atoms with E-state index < -0.39 is 9.85 Å². The number of hydrogen-bond donors (Lipinski definition) is 1. The number of nitro groups is 2. The van der Waals surface area contributed by atoms with Gasteiger partial charge in [0, 0.05) is 34.7 Å². The molecule has 4 rings (SSSR count). The first-order valence-electron chi connectivity index (χ1n) is 8.11. The zero-order valence-electron chi connectivity index (χ0n) is 13.5. The second-order valence-electron chi connectivity index (χ2n) is 6.44. The molecule has 0 amide bonds. The lowest BCUT2D eigenvalue weighted by molar-refractivity contribution is -0.384. The summed E-state index contributed by atoms with van der Waals surface area (Å²) < 4.78 is 0. The summed E-state index contributed by atoms with van der Waals surface area (Å²) >= 11 is 6.34. The number of rotatable bonds is 3. The van der Waals surface area contributed by atoms with E-state index in [1.165, 1.54) is 24.3 Å². The fourth-order valence-corrected chi connectivity index (χ4v) is 4.18. The molecule has 0 fully saturated rings. The van der Waals surface area contributed by atoms with Crippen molar-refractivity contribution in [1.82, 2.24) is 0 Å². The molecule has 2 aromatic rings. The van der Waals surface area contributed by atoms with Gasteiger partial charge in [0.2, 0.25) is 0 Å². The molecule has 0 saturated heterocycles. The summed E-state index contributed by atoms with van der Waals surface area (Å²) in [5.74, 6) is 0.0930. The highest BCUT2D eigenvalue weighted by molar-refractivity contribution is 6.31. The van der Waals surface area contributed by atoms with Gasteiger partial charge in [-0.3, -0.25) is 20.2 Å². The zero-order valence-corrected chi connectivity index (χ0v) is 14.2. The number of nitrogens with one attached hydrogen (secondary N) is 1. The van der Waals surface area contributed by atoms with Crippen molar-refractivity contribution in [1.29, 1.82) is 0 Å². The molecule has 0 aromatic heterocycles. The van der Waals surface area contributed by atoms with Gasteiger partial charge in [-0.25, -0.2) is 0 Å². The molecule has 2 aliphatic rings. The number of anilines is 1. The van der Waals surface area contributed by atoms with E-state index in [4.69, 9.17) is 11.6 Å². The molecular weight excluding hydrogens is 358 g/mol. The second-order valence-corrected chi connectivity index (χ2v) is 6.84. The molecule has 0 radical (unpaired) electrons. The molecule has 3 unspecified atom stereocenters. The van der Waals surface area contributed by atoms with Crippen molar-refractivity contribution < 1.29 is 9.85 Å². The number of halogens is 1. The van der Waals surface area contributed by atoms with Crippen LogP contribution in [0.5, 0.6) is 0 Å². The Kier molecular flexibility index (Phi) is 3.88. The monoisotopic (exact) mass is 371 g/mol. The van der Waals surface area contributed by atoms with Crippen LogP contribution in [-0.2, 0) is 0 Å². The van der Waals surface area contributed by atoms with Gasteiger partial charge in [-0.05, 0) is 24.0 Å². The van der Waals surface area contributed by atoms with Crippen molar-refractivity contribution in [3.8, 4) is 0 Å². The maximum atomic E-state index is 11.5. The lowest BCUT2D eigenvalue weighted by atomic mass is 9.76. The molecule has 1 aliphatic heterocycles. The summed E-state index contributed by atoms with van der Waals surface area (Å²) in [7, 11) is 0. The summed E-state index contributed by atoms with van der Waals surface area (Å²) in [5, 5.41) is 26.3. The Bertz CT molecular complexity index is 959. The van der Waals surface area contributed by atoms with Gasteiger partial charge in [-0.1, -0.05) is 35.9 Å². The highest BCUT2D eigenvalue weighted by Crippen LogP contribution is 2.53. The molecule has 1 heterocycles. The van der Waals surface area contributed by atoms with E-state index in [0.29, 0.717) is 16.3 Å². The summed E-state index contributed by atoms with van der Waals surface area (Å²) in [6.07, 6.45) is 4.86. The predicted molar refractivity (Wildman–Crippen MR) is 97.6 cm³/mol. The van der Waals surface area contributed by atoms with E-state index in [-0.39, 0.29) is 29.3 Å². The molecule has 0 saturated carbocycles. The smallest absolute Gasteiger partial charge is 0.292 e. The molecule has 2 aromatic carbocycles. The van der Waals surface area contributed by atoms with Crippen LogP contribution in [0, 0.1) is 26.1 Å². The Morgan fingerprint density at radius 3 is 2.62 bits per heavy atom. The van der Waals surface area contributed by atoms with E-state index >= 15 is 0 Å². The van der Waals surface area contributed by atoms with Gasteiger partial charge in [-0.2, -0.15) is 0 Å². The van der Waals surface area contributed by atoms with Crippen LogP contribution in [-0.4, -0.2) is 9.85 Å². The summed E-state index contributed by atoms with van der Waals surface area (Å²) in [6.45, 7) is 0. The van der Waals surface area contributed by atoms with Crippen molar-refractivity contribution >= 4 is 28.7 Å². The number of fused-ring (bicyclic) bond motifs is 3. The fraction of sp³-hybridized carbons (Fsp3) is 0.222. The SMILES string of the molecule is O=[N+]([O-])c1ccc(Cl)c(C2Nc3c(cccc3[N+](=O)[O-])C3C=CCC32)c1. The van der Waals surface area contributed by atoms with E-state index in [9.17, 15) is 20.2 Å².